The van der Waals surface area contributed by atoms with Crippen LogP contribution in [0.2, 0.25) is 0 Å². The summed E-state index contributed by atoms with van der Waals surface area (Å²) in [4.78, 5) is 34.2. The second-order valence-electron chi connectivity index (χ2n) is 7.10. The molecule has 1 fully saturated rings. The van der Waals surface area contributed by atoms with E-state index in [-0.39, 0.29) is 25.1 Å². The Morgan fingerprint density at radius 2 is 2.30 bits per heavy atom. The van der Waals surface area contributed by atoms with E-state index < -0.39 is 21.9 Å². The molecule has 2 atom stereocenters. The van der Waals surface area contributed by atoms with Crippen molar-refractivity contribution in [3.63, 3.8) is 0 Å². The topological polar surface area (TPSA) is 121 Å². The number of halogens is 1. The number of carboxylic acid groups (broad SMARTS) is 1. The summed E-state index contributed by atoms with van der Waals surface area (Å²) < 4.78 is 0. The number of nitrogens with zero attached hydrogens (tertiary/aromatic N) is 4. The summed E-state index contributed by atoms with van der Waals surface area (Å²) in [6, 6.07) is 8.06. The van der Waals surface area contributed by atoms with Gasteiger partial charge in [0.1, 0.15) is 15.9 Å². The predicted molar refractivity (Wildman–Crippen MR) is 114 cm³/mol. The highest BCUT2D eigenvalue weighted by Gasteiger charge is 2.45. The van der Waals surface area contributed by atoms with Gasteiger partial charge >= 0.3 is 5.97 Å². The standard InChI is InChI=1S/C19H18ClN5O4S/c20-15-9-19(17(26)27,22-10-12-2-1-3-14(8-12)25(28)29)5-6-24(15)18-21-11-13-4-7-30-16(13)23-18/h1-4,7-8,11,15,22H,5-6,9-10H2,(H,26,27). The van der Waals surface area contributed by atoms with Crippen LogP contribution in [-0.4, -0.2) is 43.6 Å². The average molecular weight is 448 g/mol. The molecule has 2 aromatic heterocycles. The zero-order valence-electron chi connectivity index (χ0n) is 15.7. The molecule has 0 amide bonds. The fourth-order valence-corrected chi connectivity index (χ4v) is 4.73. The number of non-ortho nitro benzene ring substituents is 1. The molecule has 0 aliphatic carbocycles. The third kappa shape index (κ3) is 3.93. The molecular formula is C19H18ClN5O4S. The summed E-state index contributed by atoms with van der Waals surface area (Å²) in [6.07, 6.45) is 2.15. The minimum Gasteiger partial charge on any atom is -0.480 e. The summed E-state index contributed by atoms with van der Waals surface area (Å²) in [7, 11) is 0. The lowest BCUT2D eigenvalue weighted by atomic mass is 9.87. The van der Waals surface area contributed by atoms with Gasteiger partial charge < -0.3 is 10.0 Å². The number of fused-ring (bicyclic) bond motifs is 1. The molecular weight excluding hydrogens is 430 g/mol. The number of alkyl halides is 1. The van der Waals surface area contributed by atoms with Crippen molar-refractivity contribution in [3.05, 3.63) is 57.6 Å². The first kappa shape index (κ1) is 20.5. The van der Waals surface area contributed by atoms with Crippen molar-refractivity contribution in [1.82, 2.24) is 15.3 Å². The Morgan fingerprint density at radius 3 is 3.03 bits per heavy atom. The first-order valence-corrected chi connectivity index (χ1v) is 10.5. The second-order valence-corrected chi connectivity index (χ2v) is 8.50. The maximum absolute atomic E-state index is 12.1. The lowest BCUT2D eigenvalue weighted by Crippen LogP contribution is -2.60. The van der Waals surface area contributed by atoms with Crippen LogP contribution in [0, 0.1) is 10.1 Å². The van der Waals surface area contributed by atoms with Crippen molar-refractivity contribution in [2.45, 2.75) is 30.4 Å². The highest BCUT2D eigenvalue weighted by atomic mass is 35.5. The average Bonchev–Trinajstić information content (AvgIpc) is 3.20. The first-order chi connectivity index (χ1) is 14.4. The van der Waals surface area contributed by atoms with Gasteiger partial charge in [-0.3, -0.25) is 20.2 Å². The molecule has 0 bridgehead atoms. The lowest BCUT2D eigenvalue weighted by Gasteiger charge is -2.42. The van der Waals surface area contributed by atoms with Gasteiger partial charge in [-0.15, -0.1) is 11.3 Å². The molecule has 2 unspecified atom stereocenters. The molecule has 0 saturated carbocycles. The SMILES string of the molecule is O=C(O)C1(NCc2cccc([N+](=O)[O-])c2)CCN(c2ncc3ccsc3n2)C(Cl)C1. The van der Waals surface area contributed by atoms with Crippen molar-refractivity contribution < 1.29 is 14.8 Å². The van der Waals surface area contributed by atoms with Crippen LogP contribution in [-0.2, 0) is 11.3 Å². The molecule has 3 aromatic rings. The molecule has 30 heavy (non-hydrogen) atoms. The van der Waals surface area contributed by atoms with Crippen LogP contribution in [0.4, 0.5) is 11.6 Å². The fraction of sp³-hybridized carbons (Fsp3) is 0.316. The molecule has 1 aromatic carbocycles. The number of carboxylic acids is 1. The Bertz CT molecular complexity index is 1110. The van der Waals surface area contributed by atoms with E-state index in [0.29, 0.717) is 18.1 Å². The van der Waals surface area contributed by atoms with E-state index in [1.807, 2.05) is 11.4 Å². The molecule has 4 rings (SSSR count). The molecule has 1 aliphatic rings. The summed E-state index contributed by atoms with van der Waals surface area (Å²) in [6.45, 7) is 0.536. The largest absolute Gasteiger partial charge is 0.480 e. The Morgan fingerprint density at radius 1 is 1.47 bits per heavy atom. The fourth-order valence-electron chi connectivity index (χ4n) is 3.54. The van der Waals surface area contributed by atoms with Crippen LogP contribution in [0.3, 0.4) is 0 Å². The smallest absolute Gasteiger partial charge is 0.324 e. The van der Waals surface area contributed by atoms with Crippen LogP contribution in [0.5, 0.6) is 0 Å². The second kappa shape index (κ2) is 8.13. The molecule has 1 aliphatic heterocycles. The van der Waals surface area contributed by atoms with Crippen molar-refractivity contribution in [2.24, 2.45) is 0 Å². The highest BCUT2D eigenvalue weighted by Crippen LogP contribution is 2.33. The molecule has 2 N–H and O–H groups in total. The first-order valence-electron chi connectivity index (χ1n) is 9.21. The molecule has 11 heteroatoms. The Kier molecular flexibility index (Phi) is 5.54. The number of carbonyl (C=O) groups is 1. The minimum absolute atomic E-state index is 0.0372. The van der Waals surface area contributed by atoms with Gasteiger partial charge in [0.2, 0.25) is 5.95 Å². The van der Waals surface area contributed by atoms with Crippen LogP contribution < -0.4 is 10.2 Å². The lowest BCUT2D eigenvalue weighted by molar-refractivity contribution is -0.384. The van der Waals surface area contributed by atoms with Crippen LogP contribution >= 0.6 is 22.9 Å². The van der Waals surface area contributed by atoms with Gasteiger partial charge in [0, 0.05) is 43.2 Å². The molecule has 3 heterocycles. The van der Waals surface area contributed by atoms with E-state index >= 15 is 0 Å². The van der Waals surface area contributed by atoms with Gasteiger partial charge in [0.15, 0.2) is 0 Å². The minimum atomic E-state index is -1.25. The molecule has 1 saturated heterocycles. The number of piperidine rings is 1. The van der Waals surface area contributed by atoms with Crippen molar-refractivity contribution in [2.75, 3.05) is 11.4 Å². The molecule has 0 spiro atoms. The quantitative estimate of drug-likeness (QED) is 0.255. The van der Waals surface area contributed by atoms with E-state index in [1.165, 1.54) is 23.5 Å². The van der Waals surface area contributed by atoms with Crippen molar-refractivity contribution in [1.29, 1.82) is 0 Å². The van der Waals surface area contributed by atoms with Crippen LogP contribution in [0.15, 0.2) is 41.9 Å². The van der Waals surface area contributed by atoms with Gasteiger partial charge in [0.05, 0.1) is 4.92 Å². The van der Waals surface area contributed by atoms with Gasteiger partial charge in [-0.1, -0.05) is 23.7 Å². The molecule has 156 valence electrons. The number of rotatable bonds is 6. The number of anilines is 1. The predicted octanol–water partition coefficient (Wildman–Crippen LogP) is 3.38. The maximum Gasteiger partial charge on any atom is 0.324 e. The van der Waals surface area contributed by atoms with E-state index in [0.717, 1.165) is 10.2 Å². The number of nitro groups is 1. The number of nitrogens with one attached hydrogen (secondary N) is 1. The summed E-state index contributed by atoms with van der Waals surface area (Å²) >= 11 is 8.08. The number of aromatic nitrogens is 2. The number of aliphatic carboxylic acids is 1. The normalized spacial score (nSPS) is 21.6. The number of nitro benzene ring substituents is 1. The maximum atomic E-state index is 12.1. The summed E-state index contributed by atoms with van der Waals surface area (Å²) in [5.41, 5.74) is -1.28. The third-order valence-electron chi connectivity index (χ3n) is 5.25. The van der Waals surface area contributed by atoms with Gasteiger partial charge in [-0.05, 0) is 23.4 Å². The summed E-state index contributed by atoms with van der Waals surface area (Å²) in [5.74, 6) is -0.532. The van der Waals surface area contributed by atoms with Crippen LogP contribution in [0.1, 0.15) is 18.4 Å². The highest BCUT2D eigenvalue weighted by molar-refractivity contribution is 7.16. The number of hydrogen-bond donors (Lipinski definition) is 2. The van der Waals surface area contributed by atoms with E-state index in [4.69, 9.17) is 11.6 Å². The zero-order chi connectivity index (χ0) is 21.3. The molecule has 0 radical (unpaired) electrons. The third-order valence-corrected chi connectivity index (χ3v) is 6.46. The van der Waals surface area contributed by atoms with Crippen molar-refractivity contribution in [3.8, 4) is 0 Å². The van der Waals surface area contributed by atoms with Crippen molar-refractivity contribution >= 4 is 50.8 Å². The van der Waals surface area contributed by atoms with Gasteiger partial charge in [-0.25, -0.2) is 9.97 Å². The van der Waals surface area contributed by atoms with E-state index in [9.17, 15) is 20.0 Å². The van der Waals surface area contributed by atoms with E-state index in [1.54, 1.807) is 23.2 Å². The van der Waals surface area contributed by atoms with Crippen LogP contribution in [0.25, 0.3) is 10.2 Å². The Balaban J connectivity index is 1.50. The van der Waals surface area contributed by atoms with E-state index in [2.05, 4.69) is 15.3 Å². The molecule has 9 nitrogen and oxygen atoms in total. The monoisotopic (exact) mass is 447 g/mol. The summed E-state index contributed by atoms with van der Waals surface area (Å²) in [5, 5.41) is 26.8. The number of thiophene rings is 1. The van der Waals surface area contributed by atoms with Gasteiger partial charge in [-0.2, -0.15) is 0 Å². The number of hydrogen-bond acceptors (Lipinski definition) is 8. The zero-order valence-corrected chi connectivity index (χ0v) is 17.3. The van der Waals surface area contributed by atoms with Gasteiger partial charge in [0.25, 0.3) is 5.69 Å². The Labute approximate surface area is 180 Å². The Hall–Kier alpha value is -2.82. The number of benzene rings is 1.